The Hall–Kier alpha value is -3.15. The Labute approximate surface area is 201 Å². The molecule has 1 saturated heterocycles. The second-order valence-corrected chi connectivity index (χ2v) is 9.65. The Kier molecular flexibility index (Phi) is 7.80. The molecule has 1 fully saturated rings. The third-order valence-electron chi connectivity index (χ3n) is 6.09. The van der Waals surface area contributed by atoms with E-state index in [9.17, 15) is 19.1 Å². The molecule has 34 heavy (non-hydrogen) atoms. The Morgan fingerprint density at radius 3 is 2.32 bits per heavy atom. The van der Waals surface area contributed by atoms with Gasteiger partial charge in [0.2, 0.25) is 0 Å². The van der Waals surface area contributed by atoms with Crippen LogP contribution in [0.5, 0.6) is 5.75 Å². The standard InChI is InChI=1S/C28H34FNO4/c1-6-8-9-16-30-24(18-10-13-20(29)14-11-18)23(26(32)27(30)33)25(31)19-12-15-22(34-7-2)21(17-19)28(3,4)5/h10-15,17,24,31H,6-9,16H2,1-5H3/b25-23-. The fourth-order valence-electron chi connectivity index (χ4n) is 4.33. The molecule has 0 aliphatic carbocycles. The van der Waals surface area contributed by atoms with Crippen molar-refractivity contribution in [1.82, 2.24) is 4.90 Å². The number of carbonyl (C=O) groups excluding carboxylic acids is 2. The molecule has 1 N–H and O–H groups in total. The number of rotatable bonds is 8. The predicted octanol–water partition coefficient (Wildman–Crippen LogP) is 6.13. The van der Waals surface area contributed by atoms with Gasteiger partial charge in [-0.3, -0.25) is 9.59 Å². The zero-order valence-electron chi connectivity index (χ0n) is 20.7. The molecule has 0 saturated carbocycles. The molecule has 3 rings (SSSR count). The number of aliphatic hydroxyl groups excluding tert-OH is 1. The number of likely N-dealkylation sites (tertiary alicyclic amines) is 1. The minimum atomic E-state index is -0.776. The summed E-state index contributed by atoms with van der Waals surface area (Å²) < 4.78 is 19.4. The first-order valence-corrected chi connectivity index (χ1v) is 11.9. The minimum absolute atomic E-state index is 0.0251. The van der Waals surface area contributed by atoms with Gasteiger partial charge in [0.25, 0.3) is 11.7 Å². The summed E-state index contributed by atoms with van der Waals surface area (Å²) >= 11 is 0. The van der Waals surface area contributed by atoms with Crippen LogP contribution in [0, 0.1) is 5.82 Å². The van der Waals surface area contributed by atoms with Crippen LogP contribution in [0.3, 0.4) is 0 Å². The van der Waals surface area contributed by atoms with Gasteiger partial charge < -0.3 is 14.7 Å². The number of nitrogens with zero attached hydrogens (tertiary/aromatic N) is 1. The van der Waals surface area contributed by atoms with Crippen molar-refractivity contribution in [2.75, 3.05) is 13.2 Å². The normalized spacial score (nSPS) is 17.9. The molecule has 0 bridgehead atoms. The van der Waals surface area contributed by atoms with Crippen LogP contribution in [0.1, 0.15) is 76.6 Å². The third-order valence-corrected chi connectivity index (χ3v) is 6.09. The zero-order valence-corrected chi connectivity index (χ0v) is 20.7. The van der Waals surface area contributed by atoms with E-state index in [2.05, 4.69) is 6.92 Å². The van der Waals surface area contributed by atoms with E-state index in [1.807, 2.05) is 33.8 Å². The van der Waals surface area contributed by atoms with E-state index in [1.54, 1.807) is 24.3 Å². The largest absolute Gasteiger partial charge is 0.507 e. The van der Waals surface area contributed by atoms with Gasteiger partial charge in [-0.15, -0.1) is 0 Å². The highest BCUT2D eigenvalue weighted by atomic mass is 19.1. The fraction of sp³-hybridized carbons (Fsp3) is 0.429. The number of ketones is 1. The summed E-state index contributed by atoms with van der Waals surface area (Å²) in [5, 5.41) is 11.4. The van der Waals surface area contributed by atoms with Gasteiger partial charge in [0.05, 0.1) is 18.2 Å². The van der Waals surface area contributed by atoms with Crippen molar-refractivity contribution in [1.29, 1.82) is 0 Å². The van der Waals surface area contributed by atoms with Gasteiger partial charge in [0, 0.05) is 17.7 Å². The minimum Gasteiger partial charge on any atom is -0.507 e. The fourth-order valence-corrected chi connectivity index (χ4v) is 4.33. The predicted molar refractivity (Wildman–Crippen MR) is 131 cm³/mol. The first-order chi connectivity index (χ1) is 16.1. The maximum Gasteiger partial charge on any atom is 0.295 e. The third kappa shape index (κ3) is 5.16. The van der Waals surface area contributed by atoms with Crippen LogP contribution < -0.4 is 4.74 Å². The molecular formula is C28H34FNO4. The Morgan fingerprint density at radius 2 is 1.74 bits per heavy atom. The van der Waals surface area contributed by atoms with Crippen LogP contribution in [0.15, 0.2) is 48.0 Å². The molecule has 2 aromatic rings. The number of hydrogen-bond acceptors (Lipinski definition) is 4. The number of hydrogen-bond donors (Lipinski definition) is 1. The molecule has 0 spiro atoms. The van der Waals surface area contributed by atoms with Crippen molar-refractivity contribution in [3.63, 3.8) is 0 Å². The van der Waals surface area contributed by atoms with E-state index < -0.39 is 23.5 Å². The van der Waals surface area contributed by atoms with Crippen molar-refractivity contribution in [2.24, 2.45) is 0 Å². The highest BCUT2D eigenvalue weighted by Crippen LogP contribution is 2.41. The highest BCUT2D eigenvalue weighted by molar-refractivity contribution is 6.46. The maximum absolute atomic E-state index is 13.6. The van der Waals surface area contributed by atoms with Gasteiger partial charge >= 0.3 is 0 Å². The Balaban J connectivity index is 2.17. The monoisotopic (exact) mass is 467 g/mol. The number of amides is 1. The summed E-state index contributed by atoms with van der Waals surface area (Å²) in [6.07, 6.45) is 2.61. The van der Waals surface area contributed by atoms with Gasteiger partial charge in [-0.05, 0) is 54.7 Å². The molecule has 1 aliphatic rings. The highest BCUT2D eigenvalue weighted by Gasteiger charge is 2.45. The molecule has 5 nitrogen and oxygen atoms in total. The topological polar surface area (TPSA) is 66.8 Å². The number of halogens is 1. The van der Waals surface area contributed by atoms with E-state index >= 15 is 0 Å². The van der Waals surface area contributed by atoms with Crippen LogP contribution in [0.4, 0.5) is 4.39 Å². The number of ether oxygens (including phenoxy) is 1. The van der Waals surface area contributed by atoms with Gasteiger partial charge in [0.15, 0.2) is 0 Å². The zero-order chi connectivity index (χ0) is 25.0. The molecule has 1 unspecified atom stereocenters. The summed E-state index contributed by atoms with van der Waals surface area (Å²) in [5.41, 5.74) is 1.66. The van der Waals surface area contributed by atoms with Crippen molar-refractivity contribution < 1.29 is 23.8 Å². The van der Waals surface area contributed by atoms with Gasteiger partial charge in [-0.1, -0.05) is 52.7 Å². The smallest absolute Gasteiger partial charge is 0.295 e. The van der Waals surface area contributed by atoms with Crippen LogP contribution in [0.2, 0.25) is 0 Å². The maximum atomic E-state index is 13.6. The van der Waals surface area contributed by atoms with E-state index in [0.29, 0.717) is 30.0 Å². The molecule has 6 heteroatoms. The number of carbonyl (C=O) groups is 2. The van der Waals surface area contributed by atoms with Crippen molar-refractivity contribution in [3.05, 3.63) is 70.5 Å². The molecule has 1 atom stereocenters. The summed E-state index contributed by atoms with van der Waals surface area (Å²) in [6.45, 7) is 11.0. The van der Waals surface area contributed by atoms with Crippen LogP contribution in [-0.4, -0.2) is 34.8 Å². The molecule has 2 aromatic carbocycles. The van der Waals surface area contributed by atoms with E-state index in [4.69, 9.17) is 4.74 Å². The first kappa shape index (κ1) is 25.5. The van der Waals surface area contributed by atoms with Crippen molar-refractivity contribution >= 4 is 17.4 Å². The molecule has 0 radical (unpaired) electrons. The van der Waals surface area contributed by atoms with Crippen LogP contribution in [-0.2, 0) is 15.0 Å². The lowest BCUT2D eigenvalue weighted by Gasteiger charge is -2.26. The van der Waals surface area contributed by atoms with Crippen molar-refractivity contribution in [3.8, 4) is 5.75 Å². The molecular weight excluding hydrogens is 433 g/mol. The first-order valence-electron chi connectivity index (χ1n) is 11.9. The number of benzene rings is 2. The summed E-state index contributed by atoms with van der Waals surface area (Å²) in [5.74, 6) is -1.31. The number of aliphatic hydroxyl groups is 1. The summed E-state index contributed by atoms with van der Waals surface area (Å²) in [4.78, 5) is 27.7. The van der Waals surface area contributed by atoms with Crippen LogP contribution in [0.25, 0.3) is 5.76 Å². The van der Waals surface area contributed by atoms with Crippen molar-refractivity contribution in [2.45, 2.75) is 65.3 Å². The van der Waals surface area contributed by atoms with Gasteiger partial charge in [-0.2, -0.15) is 0 Å². The molecule has 1 heterocycles. The van der Waals surface area contributed by atoms with Gasteiger partial charge in [0.1, 0.15) is 17.3 Å². The summed E-state index contributed by atoms with van der Waals surface area (Å²) in [7, 11) is 0. The number of unbranched alkanes of at least 4 members (excludes halogenated alkanes) is 2. The number of Topliss-reactive ketones (excluding diaryl/α,β-unsaturated/α-hetero) is 1. The molecule has 1 amide bonds. The molecule has 1 aliphatic heterocycles. The average molecular weight is 468 g/mol. The van der Waals surface area contributed by atoms with E-state index in [-0.39, 0.29) is 16.7 Å². The van der Waals surface area contributed by atoms with Crippen LogP contribution >= 0.6 is 0 Å². The second-order valence-electron chi connectivity index (χ2n) is 9.65. The van der Waals surface area contributed by atoms with E-state index in [0.717, 1.165) is 24.8 Å². The Morgan fingerprint density at radius 1 is 1.06 bits per heavy atom. The molecule has 182 valence electrons. The lowest BCUT2D eigenvalue weighted by molar-refractivity contribution is -0.139. The molecule has 0 aromatic heterocycles. The lowest BCUT2D eigenvalue weighted by atomic mass is 9.84. The van der Waals surface area contributed by atoms with E-state index in [1.165, 1.54) is 17.0 Å². The lowest BCUT2D eigenvalue weighted by Crippen LogP contribution is -2.30. The van der Waals surface area contributed by atoms with Gasteiger partial charge in [-0.25, -0.2) is 4.39 Å². The second kappa shape index (κ2) is 10.4. The SMILES string of the molecule is CCCCCN1C(=O)C(=O)/C(=C(\O)c2ccc(OCC)c(C(C)(C)C)c2)C1c1ccc(F)cc1. The Bertz CT molecular complexity index is 1080. The average Bonchev–Trinajstić information content (AvgIpc) is 3.04. The quantitative estimate of drug-likeness (QED) is 0.219. The summed E-state index contributed by atoms with van der Waals surface area (Å²) in [6, 6.07) is 10.2.